The van der Waals surface area contributed by atoms with Crippen molar-refractivity contribution in [1.29, 1.82) is 0 Å². The molecular formula is C14H16N2O5. The minimum atomic E-state index is -0.408. The van der Waals surface area contributed by atoms with E-state index in [9.17, 15) is 14.4 Å². The number of rotatable bonds is 5. The van der Waals surface area contributed by atoms with E-state index in [0.717, 1.165) is 4.90 Å². The second kappa shape index (κ2) is 6.74. The van der Waals surface area contributed by atoms with Gasteiger partial charge in [-0.1, -0.05) is 0 Å². The molecular weight excluding hydrogens is 276 g/mol. The lowest BCUT2D eigenvalue weighted by molar-refractivity contribution is -0.129. The Bertz CT molecular complexity index is 541. The quantitative estimate of drug-likeness (QED) is 0.811. The van der Waals surface area contributed by atoms with E-state index < -0.39 is 17.9 Å². The van der Waals surface area contributed by atoms with E-state index in [1.54, 1.807) is 31.2 Å². The van der Waals surface area contributed by atoms with Gasteiger partial charge in [0.1, 0.15) is 5.75 Å². The van der Waals surface area contributed by atoms with Crippen LogP contribution in [0.2, 0.25) is 0 Å². The van der Waals surface area contributed by atoms with Gasteiger partial charge in [0.2, 0.25) is 0 Å². The Hall–Kier alpha value is -2.57. The van der Waals surface area contributed by atoms with Crippen molar-refractivity contribution in [3.05, 3.63) is 29.8 Å². The van der Waals surface area contributed by atoms with E-state index in [4.69, 9.17) is 9.47 Å². The summed E-state index contributed by atoms with van der Waals surface area (Å²) in [5, 5.41) is 2.54. The number of urea groups is 1. The van der Waals surface area contributed by atoms with Crippen molar-refractivity contribution < 1.29 is 23.9 Å². The number of esters is 1. The van der Waals surface area contributed by atoms with Crippen molar-refractivity contribution in [3.8, 4) is 5.75 Å². The van der Waals surface area contributed by atoms with E-state index in [-0.39, 0.29) is 6.61 Å². The van der Waals surface area contributed by atoms with Crippen molar-refractivity contribution in [2.75, 3.05) is 26.3 Å². The van der Waals surface area contributed by atoms with Crippen molar-refractivity contribution in [1.82, 2.24) is 10.2 Å². The fraction of sp³-hybridized carbons (Fsp3) is 0.357. The smallest absolute Gasteiger partial charge is 0.338 e. The zero-order valence-corrected chi connectivity index (χ0v) is 11.6. The van der Waals surface area contributed by atoms with Crippen LogP contribution in [0.5, 0.6) is 5.75 Å². The number of carbonyl (C=O) groups is 3. The lowest BCUT2D eigenvalue weighted by Crippen LogP contribution is -2.37. The second-order valence-electron chi connectivity index (χ2n) is 4.31. The van der Waals surface area contributed by atoms with Gasteiger partial charge in [0, 0.05) is 13.1 Å². The van der Waals surface area contributed by atoms with Gasteiger partial charge in [-0.05, 0) is 31.2 Å². The van der Waals surface area contributed by atoms with Crippen LogP contribution in [0.15, 0.2) is 24.3 Å². The van der Waals surface area contributed by atoms with Gasteiger partial charge in [-0.25, -0.2) is 9.59 Å². The summed E-state index contributed by atoms with van der Waals surface area (Å²) in [6.45, 7) is 2.62. The lowest BCUT2D eigenvalue weighted by atomic mass is 10.2. The SMILES string of the molecule is CCOC(=O)c1ccc(OCC(=O)N2CCNC2=O)cc1. The molecule has 1 saturated heterocycles. The monoisotopic (exact) mass is 292 g/mol. The number of nitrogens with one attached hydrogen (secondary N) is 1. The Morgan fingerprint density at radius 3 is 2.57 bits per heavy atom. The molecule has 1 aliphatic rings. The maximum atomic E-state index is 11.8. The molecule has 0 atom stereocenters. The Morgan fingerprint density at radius 1 is 1.29 bits per heavy atom. The predicted octanol–water partition coefficient (Wildman–Crippen LogP) is 0.794. The van der Waals surface area contributed by atoms with Crippen LogP contribution in [0.4, 0.5) is 4.79 Å². The van der Waals surface area contributed by atoms with Gasteiger partial charge in [-0.2, -0.15) is 0 Å². The summed E-state index contributed by atoms with van der Waals surface area (Å²) in [6, 6.07) is 5.86. The molecule has 1 aromatic carbocycles. The molecule has 3 amide bonds. The van der Waals surface area contributed by atoms with Gasteiger partial charge in [0.15, 0.2) is 6.61 Å². The normalized spacial score (nSPS) is 13.8. The summed E-state index contributed by atoms with van der Waals surface area (Å²) in [6.07, 6.45) is 0. The molecule has 0 radical (unpaired) electrons. The van der Waals surface area contributed by atoms with Gasteiger partial charge in [0.05, 0.1) is 12.2 Å². The first-order valence-electron chi connectivity index (χ1n) is 6.60. The van der Waals surface area contributed by atoms with Gasteiger partial charge in [-0.3, -0.25) is 9.69 Å². The number of hydrogen-bond acceptors (Lipinski definition) is 5. The highest BCUT2D eigenvalue weighted by atomic mass is 16.5. The standard InChI is InChI=1S/C14H16N2O5/c1-2-20-13(18)10-3-5-11(6-4-10)21-9-12(17)16-8-7-15-14(16)19/h3-6H,2,7-9H2,1H3,(H,15,19). The third kappa shape index (κ3) is 3.71. The van der Waals surface area contributed by atoms with Crippen LogP contribution >= 0.6 is 0 Å². The Morgan fingerprint density at radius 2 is 2.00 bits per heavy atom. The maximum absolute atomic E-state index is 11.8. The molecule has 1 aromatic rings. The van der Waals surface area contributed by atoms with Crippen molar-refractivity contribution >= 4 is 17.9 Å². The first-order chi connectivity index (χ1) is 10.1. The Labute approximate surface area is 121 Å². The third-order valence-electron chi connectivity index (χ3n) is 2.89. The molecule has 1 N–H and O–H groups in total. The van der Waals surface area contributed by atoms with E-state index in [2.05, 4.69) is 5.32 Å². The summed E-state index contributed by atoms with van der Waals surface area (Å²) in [5.74, 6) is -0.371. The molecule has 2 rings (SSSR count). The van der Waals surface area contributed by atoms with E-state index in [1.807, 2.05) is 0 Å². The fourth-order valence-electron chi connectivity index (χ4n) is 1.83. The molecule has 0 aliphatic carbocycles. The molecule has 0 unspecified atom stereocenters. The number of imide groups is 1. The zero-order valence-electron chi connectivity index (χ0n) is 11.6. The van der Waals surface area contributed by atoms with Crippen molar-refractivity contribution in [2.45, 2.75) is 6.92 Å². The zero-order chi connectivity index (χ0) is 15.2. The van der Waals surface area contributed by atoms with E-state index >= 15 is 0 Å². The number of ether oxygens (including phenoxy) is 2. The van der Waals surface area contributed by atoms with Gasteiger partial charge < -0.3 is 14.8 Å². The lowest BCUT2D eigenvalue weighted by Gasteiger charge is -2.12. The summed E-state index contributed by atoms with van der Waals surface area (Å²) in [4.78, 5) is 35.6. The molecule has 1 heterocycles. The molecule has 21 heavy (non-hydrogen) atoms. The molecule has 0 aromatic heterocycles. The number of amides is 3. The highest BCUT2D eigenvalue weighted by molar-refractivity contribution is 5.96. The molecule has 0 saturated carbocycles. The van der Waals surface area contributed by atoms with Crippen molar-refractivity contribution in [3.63, 3.8) is 0 Å². The summed E-state index contributed by atoms with van der Waals surface area (Å²) in [5.41, 5.74) is 0.412. The first-order valence-corrected chi connectivity index (χ1v) is 6.60. The molecule has 112 valence electrons. The predicted molar refractivity (Wildman–Crippen MR) is 73.0 cm³/mol. The Balaban J connectivity index is 1.87. The summed E-state index contributed by atoms with van der Waals surface area (Å²) in [7, 11) is 0. The van der Waals surface area contributed by atoms with E-state index in [0.29, 0.717) is 31.0 Å². The van der Waals surface area contributed by atoms with Crippen LogP contribution in [-0.2, 0) is 9.53 Å². The molecule has 1 fully saturated rings. The summed E-state index contributed by atoms with van der Waals surface area (Å²) < 4.78 is 10.2. The third-order valence-corrected chi connectivity index (χ3v) is 2.89. The molecule has 1 aliphatic heterocycles. The number of hydrogen-bond donors (Lipinski definition) is 1. The minimum absolute atomic E-state index is 0.230. The van der Waals surface area contributed by atoms with Crippen LogP contribution in [-0.4, -0.2) is 49.1 Å². The van der Waals surface area contributed by atoms with Gasteiger partial charge in [0.25, 0.3) is 5.91 Å². The number of benzene rings is 1. The number of carbonyl (C=O) groups excluding carboxylic acids is 3. The van der Waals surface area contributed by atoms with Crippen LogP contribution in [0, 0.1) is 0 Å². The van der Waals surface area contributed by atoms with Crippen molar-refractivity contribution in [2.24, 2.45) is 0 Å². The average Bonchev–Trinajstić information content (AvgIpc) is 2.92. The first kappa shape index (κ1) is 14.8. The highest BCUT2D eigenvalue weighted by Gasteiger charge is 2.26. The maximum Gasteiger partial charge on any atom is 0.338 e. The van der Waals surface area contributed by atoms with Crippen LogP contribution in [0.1, 0.15) is 17.3 Å². The fourth-order valence-corrected chi connectivity index (χ4v) is 1.83. The van der Waals surface area contributed by atoms with Crippen LogP contribution in [0.25, 0.3) is 0 Å². The number of nitrogens with zero attached hydrogens (tertiary/aromatic N) is 1. The minimum Gasteiger partial charge on any atom is -0.484 e. The summed E-state index contributed by atoms with van der Waals surface area (Å²) >= 11 is 0. The molecule has 0 bridgehead atoms. The highest BCUT2D eigenvalue weighted by Crippen LogP contribution is 2.13. The Kier molecular flexibility index (Phi) is 4.76. The molecule has 7 nitrogen and oxygen atoms in total. The second-order valence-corrected chi connectivity index (χ2v) is 4.31. The average molecular weight is 292 g/mol. The van der Waals surface area contributed by atoms with Crippen LogP contribution < -0.4 is 10.1 Å². The largest absolute Gasteiger partial charge is 0.484 e. The topological polar surface area (TPSA) is 84.9 Å². The van der Waals surface area contributed by atoms with Gasteiger partial charge >= 0.3 is 12.0 Å². The van der Waals surface area contributed by atoms with Gasteiger partial charge in [-0.15, -0.1) is 0 Å². The van der Waals surface area contributed by atoms with E-state index in [1.165, 1.54) is 0 Å². The molecule has 7 heteroatoms. The molecule has 0 spiro atoms. The van der Waals surface area contributed by atoms with Crippen LogP contribution in [0.3, 0.4) is 0 Å².